The molecule has 0 spiro atoms. The van der Waals surface area contributed by atoms with Gasteiger partial charge in [0.25, 0.3) is 11.6 Å². The predicted molar refractivity (Wildman–Crippen MR) is 95.3 cm³/mol. The third-order valence-corrected chi connectivity index (χ3v) is 4.13. The number of carbonyl (C=O) groups excluding carboxylic acids is 1. The van der Waals surface area contributed by atoms with Crippen LogP contribution in [0.2, 0.25) is 0 Å². The number of amides is 1. The van der Waals surface area contributed by atoms with Crippen LogP contribution in [-0.4, -0.2) is 66.4 Å². The van der Waals surface area contributed by atoms with Gasteiger partial charge in [0, 0.05) is 43.9 Å². The van der Waals surface area contributed by atoms with Gasteiger partial charge < -0.3 is 15.1 Å². The Balaban J connectivity index is 2.38. The Bertz CT molecular complexity index is 515. The minimum absolute atomic E-state index is 0.0138. The van der Waals surface area contributed by atoms with Gasteiger partial charge in [-0.05, 0) is 31.8 Å². The predicted octanol–water partition coefficient (Wildman–Crippen LogP) is 1.99. The van der Waals surface area contributed by atoms with Crippen LogP contribution in [0, 0.1) is 10.1 Å². The van der Waals surface area contributed by atoms with E-state index >= 15 is 0 Å². The Labute approximate surface area is 143 Å². The number of non-ortho nitro benzene ring substituents is 1. The van der Waals surface area contributed by atoms with Crippen LogP contribution in [0.5, 0.6) is 0 Å². The second-order valence-electron chi connectivity index (χ2n) is 5.52. The van der Waals surface area contributed by atoms with Gasteiger partial charge in [-0.3, -0.25) is 14.9 Å². The van der Waals surface area contributed by atoms with Gasteiger partial charge in [0.1, 0.15) is 0 Å². The Morgan fingerprint density at radius 1 is 1.00 bits per heavy atom. The van der Waals surface area contributed by atoms with E-state index in [1.54, 1.807) is 0 Å². The number of rotatable bonds is 11. The molecule has 7 nitrogen and oxygen atoms in total. The minimum Gasteiger partial charge on any atom is -0.351 e. The maximum atomic E-state index is 12.0. The van der Waals surface area contributed by atoms with E-state index in [-0.39, 0.29) is 11.6 Å². The minimum atomic E-state index is -0.475. The fourth-order valence-electron chi connectivity index (χ4n) is 2.41. The molecular formula is C17H28N4O3. The first-order chi connectivity index (χ1) is 11.5. The Morgan fingerprint density at radius 2 is 1.54 bits per heavy atom. The molecule has 0 saturated heterocycles. The van der Waals surface area contributed by atoms with E-state index in [9.17, 15) is 14.9 Å². The highest BCUT2D eigenvalue weighted by atomic mass is 16.6. The number of benzene rings is 1. The molecule has 0 bridgehead atoms. The van der Waals surface area contributed by atoms with Gasteiger partial charge in [-0.2, -0.15) is 0 Å². The molecule has 0 aliphatic heterocycles. The van der Waals surface area contributed by atoms with Crippen LogP contribution in [0.3, 0.4) is 0 Å². The van der Waals surface area contributed by atoms with Crippen molar-refractivity contribution in [2.24, 2.45) is 0 Å². The number of nitro groups is 1. The quantitative estimate of drug-likeness (QED) is 0.494. The topological polar surface area (TPSA) is 78.7 Å². The summed E-state index contributed by atoms with van der Waals surface area (Å²) in [4.78, 5) is 26.9. The van der Waals surface area contributed by atoms with E-state index < -0.39 is 4.92 Å². The zero-order valence-corrected chi connectivity index (χ0v) is 14.8. The molecule has 1 aromatic carbocycles. The third kappa shape index (κ3) is 6.64. The van der Waals surface area contributed by atoms with Crippen LogP contribution in [0.1, 0.15) is 31.1 Å². The van der Waals surface area contributed by atoms with Crippen LogP contribution in [0.4, 0.5) is 5.69 Å². The SMILES string of the molecule is CCN(CC)CCN(CC)CCNC(=O)c1ccc([N+](=O)[O-])cc1. The molecule has 0 saturated carbocycles. The summed E-state index contributed by atoms with van der Waals surface area (Å²) in [7, 11) is 0. The van der Waals surface area contributed by atoms with E-state index in [1.165, 1.54) is 24.3 Å². The molecule has 0 unspecified atom stereocenters. The van der Waals surface area contributed by atoms with Crippen molar-refractivity contribution < 1.29 is 9.72 Å². The zero-order chi connectivity index (χ0) is 17.9. The summed E-state index contributed by atoms with van der Waals surface area (Å²) in [5.74, 6) is -0.204. The molecule has 0 atom stereocenters. The van der Waals surface area contributed by atoms with Crippen molar-refractivity contribution in [1.29, 1.82) is 0 Å². The number of hydrogen-bond acceptors (Lipinski definition) is 5. The highest BCUT2D eigenvalue weighted by molar-refractivity contribution is 5.94. The molecule has 0 fully saturated rings. The van der Waals surface area contributed by atoms with Gasteiger partial charge in [0.15, 0.2) is 0 Å². The zero-order valence-electron chi connectivity index (χ0n) is 14.8. The normalized spacial score (nSPS) is 11.0. The summed E-state index contributed by atoms with van der Waals surface area (Å²) in [6.45, 7) is 12.8. The molecular weight excluding hydrogens is 308 g/mol. The van der Waals surface area contributed by atoms with Gasteiger partial charge in [0.2, 0.25) is 0 Å². The van der Waals surface area contributed by atoms with Crippen molar-refractivity contribution in [3.8, 4) is 0 Å². The monoisotopic (exact) mass is 336 g/mol. The van der Waals surface area contributed by atoms with Crippen LogP contribution < -0.4 is 5.32 Å². The highest BCUT2D eigenvalue weighted by Gasteiger charge is 2.10. The largest absolute Gasteiger partial charge is 0.351 e. The summed E-state index contributed by atoms with van der Waals surface area (Å²) in [5, 5.41) is 13.5. The van der Waals surface area contributed by atoms with E-state index in [0.717, 1.165) is 39.3 Å². The van der Waals surface area contributed by atoms with Crippen molar-refractivity contribution in [1.82, 2.24) is 15.1 Å². The standard InChI is InChI=1S/C17H28N4O3/c1-4-19(5-2)13-14-20(6-3)12-11-18-17(22)15-7-9-16(10-8-15)21(23)24/h7-10H,4-6,11-14H2,1-3H3,(H,18,22). The average molecular weight is 336 g/mol. The first-order valence-corrected chi connectivity index (χ1v) is 8.49. The van der Waals surface area contributed by atoms with Crippen LogP contribution in [0.25, 0.3) is 0 Å². The lowest BCUT2D eigenvalue weighted by Crippen LogP contribution is -2.39. The summed E-state index contributed by atoms with van der Waals surface area (Å²) in [5.41, 5.74) is 0.423. The summed E-state index contributed by atoms with van der Waals surface area (Å²) >= 11 is 0. The van der Waals surface area contributed by atoms with Gasteiger partial charge in [-0.15, -0.1) is 0 Å². The fourth-order valence-corrected chi connectivity index (χ4v) is 2.41. The number of nitrogens with one attached hydrogen (secondary N) is 1. The lowest BCUT2D eigenvalue weighted by Gasteiger charge is -2.25. The molecule has 1 rings (SSSR count). The van der Waals surface area contributed by atoms with Crippen molar-refractivity contribution in [3.05, 3.63) is 39.9 Å². The van der Waals surface area contributed by atoms with E-state index in [2.05, 4.69) is 35.9 Å². The van der Waals surface area contributed by atoms with Crippen molar-refractivity contribution in [2.45, 2.75) is 20.8 Å². The van der Waals surface area contributed by atoms with Crippen LogP contribution in [0.15, 0.2) is 24.3 Å². The lowest BCUT2D eigenvalue weighted by atomic mass is 10.2. The molecule has 134 valence electrons. The molecule has 0 heterocycles. The molecule has 0 radical (unpaired) electrons. The summed E-state index contributed by atoms with van der Waals surface area (Å²) in [6, 6.07) is 5.64. The smallest absolute Gasteiger partial charge is 0.269 e. The van der Waals surface area contributed by atoms with Gasteiger partial charge in [0.05, 0.1) is 4.92 Å². The Hall–Kier alpha value is -1.99. The number of hydrogen-bond donors (Lipinski definition) is 1. The molecule has 24 heavy (non-hydrogen) atoms. The number of nitrogens with zero attached hydrogens (tertiary/aromatic N) is 3. The lowest BCUT2D eigenvalue weighted by molar-refractivity contribution is -0.384. The van der Waals surface area contributed by atoms with Crippen LogP contribution >= 0.6 is 0 Å². The second-order valence-corrected chi connectivity index (χ2v) is 5.52. The summed E-state index contributed by atoms with van der Waals surface area (Å²) in [6.07, 6.45) is 0. The molecule has 1 amide bonds. The molecule has 0 aromatic heterocycles. The summed E-state index contributed by atoms with van der Waals surface area (Å²) < 4.78 is 0. The number of likely N-dealkylation sites (N-methyl/N-ethyl adjacent to an activating group) is 2. The first kappa shape index (κ1) is 20.1. The molecule has 1 aromatic rings. The molecule has 1 N–H and O–H groups in total. The van der Waals surface area contributed by atoms with Gasteiger partial charge in [-0.1, -0.05) is 20.8 Å². The Morgan fingerprint density at radius 3 is 2.04 bits per heavy atom. The van der Waals surface area contributed by atoms with Crippen LogP contribution in [-0.2, 0) is 0 Å². The molecule has 0 aliphatic rings. The van der Waals surface area contributed by atoms with Gasteiger partial charge >= 0.3 is 0 Å². The molecule has 0 aliphatic carbocycles. The van der Waals surface area contributed by atoms with Gasteiger partial charge in [-0.25, -0.2) is 0 Å². The first-order valence-electron chi connectivity index (χ1n) is 8.49. The highest BCUT2D eigenvalue weighted by Crippen LogP contribution is 2.11. The second kappa shape index (κ2) is 10.7. The Kier molecular flexibility index (Phi) is 8.96. The fraction of sp³-hybridized carbons (Fsp3) is 0.588. The third-order valence-electron chi connectivity index (χ3n) is 4.13. The number of carbonyl (C=O) groups is 1. The maximum Gasteiger partial charge on any atom is 0.269 e. The maximum absolute atomic E-state index is 12.0. The van der Waals surface area contributed by atoms with Crippen molar-refractivity contribution in [2.75, 3.05) is 45.8 Å². The van der Waals surface area contributed by atoms with Crippen molar-refractivity contribution in [3.63, 3.8) is 0 Å². The van der Waals surface area contributed by atoms with E-state index in [4.69, 9.17) is 0 Å². The van der Waals surface area contributed by atoms with Crippen molar-refractivity contribution >= 4 is 11.6 Å². The van der Waals surface area contributed by atoms with E-state index in [1.807, 2.05) is 0 Å². The molecule has 7 heteroatoms. The number of nitro benzene ring substituents is 1. The average Bonchev–Trinajstić information content (AvgIpc) is 2.60. The van der Waals surface area contributed by atoms with E-state index in [0.29, 0.717) is 12.1 Å².